The van der Waals surface area contributed by atoms with Gasteiger partial charge in [0.2, 0.25) is 11.8 Å². The van der Waals surface area contributed by atoms with E-state index in [0.717, 1.165) is 11.1 Å². The summed E-state index contributed by atoms with van der Waals surface area (Å²) in [4.78, 5) is 25.6. The Morgan fingerprint density at radius 2 is 1.27 bits per heavy atom. The van der Waals surface area contributed by atoms with Crippen molar-refractivity contribution in [3.8, 4) is 11.5 Å². The van der Waals surface area contributed by atoms with E-state index in [9.17, 15) is 9.59 Å². The van der Waals surface area contributed by atoms with Gasteiger partial charge in [0, 0.05) is 0 Å². The summed E-state index contributed by atoms with van der Waals surface area (Å²) in [7, 11) is 1.56. The zero-order chi connectivity index (χ0) is 23.6. The topological polar surface area (TPSA) is 76.7 Å². The molecule has 3 rings (SSSR count). The van der Waals surface area contributed by atoms with Crippen LogP contribution in [0.1, 0.15) is 36.7 Å². The molecule has 3 aromatic rings. The van der Waals surface area contributed by atoms with E-state index in [-0.39, 0.29) is 30.8 Å². The standard InChI is InChI=1S/C27H30N2O4/c1-19(2)33-23-15-14-22(18-24(23)32-3)27(28-25(30)16-20-10-6-4-7-11-20)29-26(31)17-21-12-8-5-9-13-21/h4-15,18-19,27H,16-17H2,1-3H3,(H,28,30)(H,29,31). The maximum Gasteiger partial charge on any atom is 0.226 e. The van der Waals surface area contributed by atoms with Crippen LogP contribution in [0.25, 0.3) is 0 Å². The zero-order valence-electron chi connectivity index (χ0n) is 19.2. The number of carbonyl (C=O) groups is 2. The van der Waals surface area contributed by atoms with Crippen molar-refractivity contribution in [2.24, 2.45) is 0 Å². The number of ether oxygens (including phenoxy) is 2. The highest BCUT2D eigenvalue weighted by Gasteiger charge is 2.20. The second kappa shape index (κ2) is 11.7. The molecule has 0 heterocycles. The molecule has 172 valence electrons. The first-order valence-corrected chi connectivity index (χ1v) is 11.0. The van der Waals surface area contributed by atoms with Gasteiger partial charge in [-0.2, -0.15) is 0 Å². The normalized spacial score (nSPS) is 10.7. The second-order valence-corrected chi connectivity index (χ2v) is 7.97. The van der Waals surface area contributed by atoms with Crippen LogP contribution in [0.3, 0.4) is 0 Å². The molecule has 0 atom stereocenters. The van der Waals surface area contributed by atoms with Crippen LogP contribution >= 0.6 is 0 Å². The third-order valence-electron chi connectivity index (χ3n) is 4.91. The molecule has 0 saturated heterocycles. The van der Waals surface area contributed by atoms with Gasteiger partial charge in [0.05, 0.1) is 26.1 Å². The summed E-state index contributed by atoms with van der Waals surface area (Å²) < 4.78 is 11.3. The molecule has 0 fully saturated rings. The van der Waals surface area contributed by atoms with Gasteiger partial charge in [0.25, 0.3) is 0 Å². The minimum atomic E-state index is -0.723. The zero-order valence-corrected chi connectivity index (χ0v) is 19.2. The predicted octanol–water partition coefficient (Wildman–Crippen LogP) is 4.20. The van der Waals surface area contributed by atoms with Gasteiger partial charge in [0.1, 0.15) is 6.17 Å². The Morgan fingerprint density at radius 1 is 0.758 bits per heavy atom. The summed E-state index contributed by atoms with van der Waals surface area (Å²) in [6.07, 6.45) is -0.328. The van der Waals surface area contributed by atoms with E-state index in [4.69, 9.17) is 9.47 Å². The molecule has 0 aromatic heterocycles. The van der Waals surface area contributed by atoms with Crippen molar-refractivity contribution in [3.63, 3.8) is 0 Å². The van der Waals surface area contributed by atoms with Crippen molar-refractivity contribution in [1.29, 1.82) is 0 Å². The molecule has 0 spiro atoms. The van der Waals surface area contributed by atoms with Crippen molar-refractivity contribution >= 4 is 11.8 Å². The number of benzene rings is 3. The van der Waals surface area contributed by atoms with Crippen LogP contribution in [0.4, 0.5) is 0 Å². The summed E-state index contributed by atoms with van der Waals surface area (Å²) in [5.74, 6) is 0.724. The van der Waals surface area contributed by atoms with Gasteiger partial charge in [-0.25, -0.2) is 0 Å². The lowest BCUT2D eigenvalue weighted by Gasteiger charge is -2.22. The largest absolute Gasteiger partial charge is 0.493 e. The van der Waals surface area contributed by atoms with Gasteiger partial charge in [-0.05, 0) is 42.7 Å². The van der Waals surface area contributed by atoms with Crippen LogP contribution in [-0.2, 0) is 22.4 Å². The van der Waals surface area contributed by atoms with Gasteiger partial charge in [-0.1, -0.05) is 66.7 Å². The molecule has 3 aromatic carbocycles. The molecule has 0 aliphatic heterocycles. The van der Waals surface area contributed by atoms with Crippen molar-refractivity contribution in [2.45, 2.75) is 39.0 Å². The number of rotatable bonds is 10. The van der Waals surface area contributed by atoms with Crippen LogP contribution in [-0.4, -0.2) is 25.0 Å². The van der Waals surface area contributed by atoms with E-state index in [0.29, 0.717) is 17.1 Å². The molecule has 0 aliphatic carbocycles. The van der Waals surface area contributed by atoms with Crippen LogP contribution in [0.2, 0.25) is 0 Å². The highest BCUT2D eigenvalue weighted by molar-refractivity contribution is 5.82. The molecule has 0 saturated carbocycles. The second-order valence-electron chi connectivity index (χ2n) is 7.97. The van der Waals surface area contributed by atoms with Crippen molar-refractivity contribution < 1.29 is 19.1 Å². The summed E-state index contributed by atoms with van der Waals surface area (Å²) in [5.41, 5.74) is 2.47. The molecule has 33 heavy (non-hydrogen) atoms. The fraction of sp³-hybridized carbons (Fsp3) is 0.259. The first kappa shape index (κ1) is 23.9. The number of amides is 2. The Kier molecular flexibility index (Phi) is 8.47. The Morgan fingerprint density at radius 3 is 1.73 bits per heavy atom. The van der Waals surface area contributed by atoms with E-state index >= 15 is 0 Å². The van der Waals surface area contributed by atoms with E-state index in [1.807, 2.05) is 80.6 Å². The molecule has 6 nitrogen and oxygen atoms in total. The SMILES string of the molecule is COc1cc(C(NC(=O)Cc2ccccc2)NC(=O)Cc2ccccc2)ccc1OC(C)C. The molecule has 0 radical (unpaired) electrons. The van der Waals surface area contributed by atoms with Crippen LogP contribution in [0.5, 0.6) is 11.5 Å². The predicted molar refractivity (Wildman–Crippen MR) is 128 cm³/mol. The van der Waals surface area contributed by atoms with Crippen LogP contribution in [0, 0.1) is 0 Å². The monoisotopic (exact) mass is 446 g/mol. The highest BCUT2D eigenvalue weighted by Crippen LogP contribution is 2.30. The molecule has 6 heteroatoms. The molecule has 0 bridgehead atoms. The van der Waals surface area contributed by atoms with Crippen molar-refractivity contribution in [3.05, 3.63) is 95.6 Å². The van der Waals surface area contributed by atoms with Gasteiger partial charge >= 0.3 is 0 Å². The van der Waals surface area contributed by atoms with E-state index in [1.165, 1.54) is 0 Å². The van der Waals surface area contributed by atoms with Crippen LogP contribution in [0.15, 0.2) is 78.9 Å². The first-order valence-electron chi connectivity index (χ1n) is 11.0. The summed E-state index contributed by atoms with van der Waals surface area (Å²) in [6.45, 7) is 3.87. The third-order valence-corrected chi connectivity index (χ3v) is 4.91. The molecule has 2 N–H and O–H groups in total. The summed E-state index contributed by atoms with van der Waals surface area (Å²) >= 11 is 0. The quantitative estimate of drug-likeness (QED) is 0.458. The fourth-order valence-electron chi connectivity index (χ4n) is 3.40. The minimum Gasteiger partial charge on any atom is -0.493 e. The minimum absolute atomic E-state index is 0.0169. The van der Waals surface area contributed by atoms with E-state index < -0.39 is 6.17 Å². The Labute approximate surface area is 194 Å². The number of carbonyl (C=O) groups excluding carboxylic acids is 2. The number of nitrogens with one attached hydrogen (secondary N) is 2. The smallest absolute Gasteiger partial charge is 0.226 e. The van der Waals surface area contributed by atoms with Crippen molar-refractivity contribution in [1.82, 2.24) is 10.6 Å². The van der Waals surface area contributed by atoms with Crippen LogP contribution < -0.4 is 20.1 Å². The molecular weight excluding hydrogens is 416 g/mol. The Bertz CT molecular complexity index is 997. The number of hydrogen-bond donors (Lipinski definition) is 2. The van der Waals surface area contributed by atoms with Gasteiger partial charge in [-0.15, -0.1) is 0 Å². The fourth-order valence-corrected chi connectivity index (χ4v) is 3.40. The lowest BCUT2D eigenvalue weighted by Crippen LogP contribution is -2.42. The Balaban J connectivity index is 1.81. The molecular formula is C27H30N2O4. The van der Waals surface area contributed by atoms with Gasteiger partial charge in [0.15, 0.2) is 11.5 Å². The summed E-state index contributed by atoms with van der Waals surface area (Å²) in [6, 6.07) is 24.3. The molecule has 0 unspecified atom stereocenters. The first-order chi connectivity index (χ1) is 15.9. The summed E-state index contributed by atoms with van der Waals surface area (Å²) in [5, 5.41) is 5.89. The van der Waals surface area contributed by atoms with Gasteiger partial charge < -0.3 is 20.1 Å². The van der Waals surface area contributed by atoms with Crippen molar-refractivity contribution in [2.75, 3.05) is 7.11 Å². The maximum absolute atomic E-state index is 12.8. The highest BCUT2D eigenvalue weighted by atomic mass is 16.5. The average molecular weight is 447 g/mol. The maximum atomic E-state index is 12.8. The third kappa shape index (κ3) is 7.38. The Hall–Kier alpha value is -3.80. The van der Waals surface area contributed by atoms with Gasteiger partial charge in [-0.3, -0.25) is 9.59 Å². The molecule has 2 amide bonds. The van der Waals surface area contributed by atoms with E-state index in [2.05, 4.69) is 10.6 Å². The number of hydrogen-bond acceptors (Lipinski definition) is 4. The average Bonchev–Trinajstić information content (AvgIpc) is 2.80. The lowest BCUT2D eigenvalue weighted by molar-refractivity contribution is -0.123. The van der Waals surface area contributed by atoms with E-state index in [1.54, 1.807) is 19.2 Å². The molecule has 0 aliphatic rings. The number of methoxy groups -OCH3 is 1. The lowest BCUT2D eigenvalue weighted by atomic mass is 10.1.